The van der Waals surface area contributed by atoms with E-state index in [-0.39, 0.29) is 5.97 Å². The molecule has 2 aliphatic rings. The van der Waals surface area contributed by atoms with Crippen LogP contribution in [0.1, 0.15) is 37.7 Å². The molecule has 19 heavy (non-hydrogen) atoms. The number of ether oxygens (including phenoxy) is 1. The third kappa shape index (κ3) is 2.75. The van der Waals surface area contributed by atoms with Gasteiger partial charge in [0.15, 0.2) is 5.70 Å². The van der Waals surface area contributed by atoms with Gasteiger partial charge in [0.2, 0.25) is 5.90 Å². The van der Waals surface area contributed by atoms with Gasteiger partial charge < -0.3 is 4.74 Å². The molecule has 0 N–H and O–H groups in total. The zero-order chi connectivity index (χ0) is 13.1. The van der Waals surface area contributed by atoms with Gasteiger partial charge in [-0.3, -0.25) is 0 Å². The van der Waals surface area contributed by atoms with Gasteiger partial charge in [0.25, 0.3) is 0 Å². The van der Waals surface area contributed by atoms with Crippen molar-refractivity contribution in [2.45, 2.75) is 32.1 Å². The minimum absolute atomic E-state index is 0.315. The number of carbonyl (C=O) groups excluding carboxylic acids is 1. The summed E-state index contributed by atoms with van der Waals surface area (Å²) in [5.74, 6) is 0.649. The van der Waals surface area contributed by atoms with Gasteiger partial charge in [-0.15, -0.1) is 0 Å². The second-order valence-corrected chi connectivity index (χ2v) is 5.11. The Morgan fingerprint density at radius 3 is 2.58 bits per heavy atom. The monoisotopic (exact) mass is 255 g/mol. The first-order valence-electron chi connectivity index (χ1n) is 6.90. The number of rotatable bonds is 2. The fraction of sp³-hybridized carbons (Fsp3) is 0.375. The van der Waals surface area contributed by atoms with Gasteiger partial charge in [0, 0.05) is 5.92 Å². The molecule has 0 amide bonds. The van der Waals surface area contributed by atoms with Crippen LogP contribution in [0.3, 0.4) is 0 Å². The van der Waals surface area contributed by atoms with E-state index in [9.17, 15) is 4.79 Å². The largest absolute Gasteiger partial charge is 0.406 e. The maximum absolute atomic E-state index is 11.8. The van der Waals surface area contributed by atoms with E-state index in [4.69, 9.17) is 4.74 Å². The average Bonchev–Trinajstić information content (AvgIpc) is 2.82. The van der Waals surface area contributed by atoms with Crippen LogP contribution in [0.4, 0.5) is 0 Å². The fourth-order valence-electron chi connectivity index (χ4n) is 2.66. The second-order valence-electron chi connectivity index (χ2n) is 5.11. The molecule has 1 heterocycles. The first-order chi connectivity index (χ1) is 9.33. The summed E-state index contributed by atoms with van der Waals surface area (Å²) in [6.45, 7) is 0. The van der Waals surface area contributed by atoms with Crippen molar-refractivity contribution in [3.05, 3.63) is 41.6 Å². The van der Waals surface area contributed by atoms with Crippen LogP contribution in [0.2, 0.25) is 0 Å². The van der Waals surface area contributed by atoms with Crippen molar-refractivity contribution in [2.75, 3.05) is 0 Å². The molecule has 3 rings (SSSR count). The Morgan fingerprint density at radius 2 is 1.84 bits per heavy atom. The molecule has 1 aromatic carbocycles. The molecule has 3 nitrogen and oxygen atoms in total. The maximum Gasteiger partial charge on any atom is 0.363 e. The van der Waals surface area contributed by atoms with Gasteiger partial charge in [-0.2, -0.15) is 0 Å². The molecule has 0 unspecified atom stereocenters. The van der Waals surface area contributed by atoms with Gasteiger partial charge in [-0.05, 0) is 24.5 Å². The van der Waals surface area contributed by atoms with E-state index in [0.29, 0.717) is 17.5 Å². The second kappa shape index (κ2) is 5.39. The standard InChI is InChI=1S/C16H17NO2/c18-16-14(11-12-7-3-1-4-8-12)17-15(19-16)13-9-5-2-6-10-13/h1,3-4,7-8,11,13H,2,5-6,9-10H2. The van der Waals surface area contributed by atoms with Gasteiger partial charge in [-0.1, -0.05) is 49.6 Å². The Balaban J connectivity index is 1.81. The number of hydrogen-bond acceptors (Lipinski definition) is 3. The normalized spacial score (nSPS) is 22.4. The van der Waals surface area contributed by atoms with Crippen LogP contribution in [-0.2, 0) is 9.53 Å². The van der Waals surface area contributed by atoms with Crippen LogP contribution < -0.4 is 0 Å². The van der Waals surface area contributed by atoms with Crippen LogP contribution in [0.15, 0.2) is 41.0 Å². The van der Waals surface area contributed by atoms with E-state index in [0.717, 1.165) is 18.4 Å². The van der Waals surface area contributed by atoms with E-state index in [1.165, 1.54) is 19.3 Å². The molecule has 0 saturated heterocycles. The number of esters is 1. The maximum atomic E-state index is 11.8. The molecule has 0 atom stereocenters. The van der Waals surface area contributed by atoms with Crippen molar-refractivity contribution in [2.24, 2.45) is 10.9 Å². The molecule has 0 aromatic heterocycles. The van der Waals surface area contributed by atoms with Gasteiger partial charge in [0.1, 0.15) is 0 Å². The van der Waals surface area contributed by atoms with Crippen molar-refractivity contribution < 1.29 is 9.53 Å². The molecular weight excluding hydrogens is 238 g/mol. The van der Waals surface area contributed by atoms with Gasteiger partial charge in [0.05, 0.1) is 0 Å². The lowest BCUT2D eigenvalue weighted by Gasteiger charge is -2.19. The van der Waals surface area contributed by atoms with E-state index < -0.39 is 0 Å². The summed E-state index contributed by atoms with van der Waals surface area (Å²) in [7, 11) is 0. The summed E-state index contributed by atoms with van der Waals surface area (Å²) in [5, 5.41) is 0. The zero-order valence-electron chi connectivity index (χ0n) is 10.8. The lowest BCUT2D eigenvalue weighted by molar-refractivity contribution is -0.130. The number of nitrogens with zero attached hydrogens (tertiary/aromatic N) is 1. The predicted octanol–water partition coefficient (Wildman–Crippen LogP) is 3.56. The molecule has 0 radical (unpaired) electrons. The highest BCUT2D eigenvalue weighted by molar-refractivity contribution is 6.07. The Labute approximate surface area is 113 Å². The number of aliphatic imine (C=N–C) groups is 1. The molecule has 1 saturated carbocycles. The van der Waals surface area contributed by atoms with Crippen LogP contribution in [0, 0.1) is 5.92 Å². The molecule has 1 aliphatic heterocycles. The molecule has 3 heteroatoms. The topological polar surface area (TPSA) is 38.7 Å². The molecular formula is C16H17NO2. The SMILES string of the molecule is O=C1OC(C2CCCCC2)=NC1=Cc1ccccc1. The van der Waals surface area contributed by atoms with E-state index in [1.54, 1.807) is 6.08 Å². The van der Waals surface area contributed by atoms with Crippen LogP contribution in [-0.4, -0.2) is 11.9 Å². The Bertz CT molecular complexity index is 525. The minimum Gasteiger partial charge on any atom is -0.406 e. The first kappa shape index (κ1) is 12.2. The third-order valence-electron chi connectivity index (χ3n) is 3.69. The van der Waals surface area contributed by atoms with E-state index >= 15 is 0 Å². The van der Waals surface area contributed by atoms with Gasteiger partial charge >= 0.3 is 5.97 Å². The summed E-state index contributed by atoms with van der Waals surface area (Å²) >= 11 is 0. The van der Waals surface area contributed by atoms with Crippen molar-refractivity contribution in [3.63, 3.8) is 0 Å². The van der Waals surface area contributed by atoms with Crippen molar-refractivity contribution in [1.82, 2.24) is 0 Å². The lowest BCUT2D eigenvalue weighted by Crippen LogP contribution is -2.19. The van der Waals surface area contributed by atoms with E-state index in [2.05, 4.69) is 4.99 Å². The molecule has 1 fully saturated rings. The molecule has 0 bridgehead atoms. The number of carbonyl (C=O) groups is 1. The Hall–Kier alpha value is -1.90. The molecule has 1 aliphatic carbocycles. The summed E-state index contributed by atoms with van der Waals surface area (Å²) in [4.78, 5) is 16.2. The summed E-state index contributed by atoms with van der Waals surface area (Å²) < 4.78 is 5.33. The summed E-state index contributed by atoms with van der Waals surface area (Å²) in [6, 6.07) is 9.74. The number of benzene rings is 1. The fourth-order valence-corrected chi connectivity index (χ4v) is 2.66. The lowest BCUT2D eigenvalue weighted by atomic mass is 9.89. The van der Waals surface area contributed by atoms with Crippen molar-refractivity contribution >= 4 is 17.9 Å². The molecule has 1 aromatic rings. The number of hydrogen-bond donors (Lipinski definition) is 0. The highest BCUT2D eigenvalue weighted by atomic mass is 16.6. The quantitative estimate of drug-likeness (QED) is 0.598. The van der Waals surface area contributed by atoms with Crippen LogP contribution >= 0.6 is 0 Å². The van der Waals surface area contributed by atoms with Crippen molar-refractivity contribution in [1.29, 1.82) is 0 Å². The van der Waals surface area contributed by atoms with Crippen molar-refractivity contribution in [3.8, 4) is 0 Å². The highest BCUT2D eigenvalue weighted by Gasteiger charge is 2.29. The Kier molecular flexibility index (Phi) is 3.45. The highest BCUT2D eigenvalue weighted by Crippen LogP contribution is 2.29. The summed E-state index contributed by atoms with van der Waals surface area (Å²) in [5.41, 5.74) is 1.40. The molecule has 98 valence electrons. The van der Waals surface area contributed by atoms with Crippen LogP contribution in [0.25, 0.3) is 6.08 Å². The Morgan fingerprint density at radius 1 is 1.11 bits per heavy atom. The molecule has 0 spiro atoms. The predicted molar refractivity (Wildman–Crippen MR) is 74.5 cm³/mol. The minimum atomic E-state index is -0.315. The van der Waals surface area contributed by atoms with Crippen LogP contribution in [0.5, 0.6) is 0 Å². The number of cyclic esters (lactones) is 1. The first-order valence-corrected chi connectivity index (χ1v) is 6.90. The van der Waals surface area contributed by atoms with E-state index in [1.807, 2.05) is 30.3 Å². The van der Waals surface area contributed by atoms with Gasteiger partial charge in [-0.25, -0.2) is 9.79 Å². The smallest absolute Gasteiger partial charge is 0.363 e. The average molecular weight is 255 g/mol. The zero-order valence-corrected chi connectivity index (χ0v) is 10.8. The third-order valence-corrected chi connectivity index (χ3v) is 3.69. The summed E-state index contributed by atoms with van der Waals surface area (Å²) in [6.07, 6.45) is 7.66.